The van der Waals surface area contributed by atoms with E-state index in [-0.39, 0.29) is 0 Å². The van der Waals surface area contributed by atoms with Crippen LogP contribution in [0.2, 0.25) is 0 Å². The zero-order chi connectivity index (χ0) is 6.32. The van der Waals surface area contributed by atoms with E-state index >= 15 is 0 Å². The van der Waals surface area contributed by atoms with Crippen molar-refractivity contribution in [1.82, 2.24) is 0 Å². The normalized spacial score (nSPS) is 49.6. The van der Waals surface area contributed by atoms with Crippen molar-refractivity contribution in [3.05, 3.63) is 0 Å². The van der Waals surface area contributed by atoms with Gasteiger partial charge in [-0.25, -0.2) is 0 Å². The van der Waals surface area contributed by atoms with E-state index < -0.39 is 6.04 Å². The van der Waals surface area contributed by atoms with Crippen molar-refractivity contribution in [2.24, 2.45) is 5.92 Å². The van der Waals surface area contributed by atoms with E-state index in [1.54, 1.807) is 0 Å². The maximum atomic E-state index is 5.61. The highest BCUT2D eigenvalue weighted by atomic mass is 32.4. The van der Waals surface area contributed by atoms with E-state index in [0.29, 0.717) is 0 Å². The van der Waals surface area contributed by atoms with Crippen molar-refractivity contribution >= 4 is 17.8 Å². The summed E-state index contributed by atoms with van der Waals surface area (Å²) >= 11 is 5.61. The van der Waals surface area contributed by atoms with Crippen LogP contribution in [0.25, 0.3) is 0 Å². The molecule has 9 heavy (non-hydrogen) atoms. The summed E-state index contributed by atoms with van der Waals surface area (Å²) in [6, 6.07) is -0.687. The summed E-state index contributed by atoms with van der Waals surface area (Å²) < 4.78 is 0. The van der Waals surface area contributed by atoms with Crippen LogP contribution in [0.3, 0.4) is 0 Å². The Morgan fingerprint density at radius 3 is 2.78 bits per heavy atom. The molecule has 0 nitrogen and oxygen atoms in total. The van der Waals surface area contributed by atoms with Gasteiger partial charge in [0.15, 0.2) is 0 Å². The Kier molecular flexibility index (Phi) is 1.46. The molecule has 0 saturated carbocycles. The van der Waals surface area contributed by atoms with E-state index in [9.17, 15) is 0 Å². The van der Waals surface area contributed by atoms with Gasteiger partial charge in [-0.15, -0.1) is 0 Å². The zero-order valence-corrected chi connectivity index (χ0v) is 7.39. The highest BCUT2D eigenvalue weighted by Gasteiger charge is 2.33. The molecule has 0 spiro atoms. The lowest BCUT2D eigenvalue weighted by Crippen LogP contribution is -2.05. The fourth-order valence-electron chi connectivity index (χ4n) is 2.18. The molecule has 2 heteroatoms. The molecule has 2 fully saturated rings. The van der Waals surface area contributed by atoms with Gasteiger partial charge in [0, 0.05) is 0 Å². The molecule has 0 amide bonds. The molecule has 2 saturated heterocycles. The molecule has 0 aromatic rings. The Labute approximate surface area is 62.0 Å². The standard InChI is InChI=1S/C7H13PS/c9-8-4-1-2-7(6-8)3-5-8/h7H,1-6H2. The van der Waals surface area contributed by atoms with Crippen molar-refractivity contribution in [2.45, 2.75) is 19.3 Å². The molecule has 0 N–H and O–H groups in total. The number of rotatable bonds is 0. The first-order valence-corrected chi connectivity index (χ1v) is 7.21. The zero-order valence-electron chi connectivity index (χ0n) is 5.68. The fraction of sp³-hybridized carbons (Fsp3) is 1.00. The summed E-state index contributed by atoms with van der Waals surface area (Å²) in [6.45, 7) is 0. The highest BCUT2D eigenvalue weighted by molar-refractivity contribution is 8.14. The Hall–Kier alpha value is 0.650. The highest BCUT2D eigenvalue weighted by Crippen LogP contribution is 2.59. The quantitative estimate of drug-likeness (QED) is 0.490. The van der Waals surface area contributed by atoms with Gasteiger partial charge in [0.1, 0.15) is 0 Å². The van der Waals surface area contributed by atoms with Gasteiger partial charge in [-0.2, -0.15) is 0 Å². The predicted octanol–water partition coefficient (Wildman–Crippen LogP) is 2.28. The summed E-state index contributed by atoms with van der Waals surface area (Å²) in [5.41, 5.74) is 0. The summed E-state index contributed by atoms with van der Waals surface area (Å²) in [6.07, 6.45) is 8.81. The third-order valence-corrected chi connectivity index (χ3v) is 7.64. The first-order chi connectivity index (χ1) is 4.29. The van der Waals surface area contributed by atoms with Crippen molar-refractivity contribution in [1.29, 1.82) is 0 Å². The smallest absolute Gasteiger partial charge is 0.0206 e. The SMILES string of the molecule is S=P12CCCC(CC1)C2. The van der Waals surface area contributed by atoms with Crippen molar-refractivity contribution in [3.8, 4) is 0 Å². The van der Waals surface area contributed by atoms with Crippen LogP contribution in [-0.4, -0.2) is 18.5 Å². The van der Waals surface area contributed by atoms with Gasteiger partial charge in [-0.1, -0.05) is 11.8 Å². The average molecular weight is 160 g/mol. The molecular weight excluding hydrogens is 147 g/mol. The third-order valence-electron chi connectivity index (χ3n) is 2.71. The van der Waals surface area contributed by atoms with Gasteiger partial charge in [0.05, 0.1) is 0 Å². The largest absolute Gasteiger partial charge is 0.0975 e. The lowest BCUT2D eigenvalue weighted by molar-refractivity contribution is 0.533. The van der Waals surface area contributed by atoms with Crippen molar-refractivity contribution < 1.29 is 0 Å². The third kappa shape index (κ3) is 1.10. The molecule has 2 unspecified atom stereocenters. The molecule has 0 aromatic carbocycles. The molecule has 2 heterocycles. The van der Waals surface area contributed by atoms with E-state index in [2.05, 4.69) is 0 Å². The predicted molar refractivity (Wildman–Crippen MR) is 46.2 cm³/mol. The van der Waals surface area contributed by atoms with Crippen LogP contribution in [0, 0.1) is 5.92 Å². The van der Waals surface area contributed by atoms with Crippen LogP contribution >= 0.6 is 6.04 Å². The number of fused-ring (bicyclic) bond motifs is 2. The Balaban J connectivity index is 2.22. The van der Waals surface area contributed by atoms with Crippen molar-refractivity contribution in [2.75, 3.05) is 18.5 Å². The summed E-state index contributed by atoms with van der Waals surface area (Å²) in [5, 5.41) is 0. The topological polar surface area (TPSA) is 0 Å². The summed E-state index contributed by atoms with van der Waals surface area (Å²) in [4.78, 5) is 0. The number of hydrogen-bond donors (Lipinski definition) is 0. The molecule has 2 atom stereocenters. The monoisotopic (exact) mass is 160 g/mol. The minimum atomic E-state index is -0.687. The van der Waals surface area contributed by atoms with Crippen molar-refractivity contribution in [3.63, 3.8) is 0 Å². The van der Waals surface area contributed by atoms with Gasteiger partial charge >= 0.3 is 0 Å². The first kappa shape index (κ1) is 6.37. The second-order valence-corrected chi connectivity index (χ2v) is 9.18. The molecule has 0 aliphatic carbocycles. The van der Waals surface area contributed by atoms with E-state index in [0.717, 1.165) is 5.92 Å². The Morgan fingerprint density at radius 2 is 2.11 bits per heavy atom. The van der Waals surface area contributed by atoms with E-state index in [1.165, 1.54) is 37.7 Å². The lowest BCUT2D eigenvalue weighted by Gasteiger charge is -2.21. The van der Waals surface area contributed by atoms with Crippen LogP contribution in [0.5, 0.6) is 0 Å². The van der Waals surface area contributed by atoms with Gasteiger partial charge < -0.3 is 0 Å². The van der Waals surface area contributed by atoms with Crippen LogP contribution in [0.4, 0.5) is 0 Å². The molecule has 2 bridgehead atoms. The minimum absolute atomic E-state index is 0.687. The van der Waals surface area contributed by atoms with E-state index in [4.69, 9.17) is 11.8 Å². The second-order valence-electron chi connectivity index (χ2n) is 3.48. The second kappa shape index (κ2) is 2.07. The maximum absolute atomic E-state index is 5.61. The molecular formula is C7H13PS. The molecule has 52 valence electrons. The number of hydrogen-bond acceptors (Lipinski definition) is 1. The first-order valence-electron chi connectivity index (χ1n) is 3.86. The van der Waals surface area contributed by atoms with Gasteiger partial charge in [-0.05, 0) is 49.7 Å². The molecule has 2 aliphatic rings. The average Bonchev–Trinajstić information content (AvgIpc) is 2.07. The van der Waals surface area contributed by atoms with E-state index in [1.807, 2.05) is 0 Å². The van der Waals surface area contributed by atoms with Crippen LogP contribution in [0.15, 0.2) is 0 Å². The maximum Gasteiger partial charge on any atom is -0.0206 e. The molecule has 2 rings (SSSR count). The van der Waals surface area contributed by atoms with Crippen LogP contribution in [-0.2, 0) is 11.8 Å². The Morgan fingerprint density at radius 1 is 1.22 bits per heavy atom. The van der Waals surface area contributed by atoms with Crippen LogP contribution < -0.4 is 0 Å². The Bertz CT molecular complexity index is 158. The van der Waals surface area contributed by atoms with Crippen LogP contribution in [0.1, 0.15) is 19.3 Å². The molecule has 0 radical (unpaired) electrons. The fourth-order valence-corrected chi connectivity index (χ4v) is 7.00. The van der Waals surface area contributed by atoms with Gasteiger partial charge in [0.25, 0.3) is 0 Å². The molecule has 0 aromatic heterocycles. The summed E-state index contributed by atoms with van der Waals surface area (Å²) in [5.74, 6) is 1.07. The molecule has 2 aliphatic heterocycles. The van der Waals surface area contributed by atoms with Gasteiger partial charge in [0.2, 0.25) is 0 Å². The minimum Gasteiger partial charge on any atom is -0.0975 e. The van der Waals surface area contributed by atoms with Gasteiger partial charge in [-0.3, -0.25) is 0 Å². The lowest BCUT2D eigenvalue weighted by atomic mass is 10.0. The summed E-state index contributed by atoms with van der Waals surface area (Å²) in [7, 11) is 0.